The van der Waals surface area contributed by atoms with Crippen LogP contribution in [0.3, 0.4) is 0 Å². The highest BCUT2D eigenvalue weighted by molar-refractivity contribution is 8.00. The summed E-state index contributed by atoms with van der Waals surface area (Å²) < 4.78 is 3.40. The zero-order chi connectivity index (χ0) is 22.0. The smallest absolute Gasteiger partial charge is 0.237 e. The Balaban J connectivity index is 1.66. The second kappa shape index (κ2) is 9.40. The van der Waals surface area contributed by atoms with Crippen LogP contribution in [0.15, 0.2) is 40.7 Å². The lowest BCUT2D eigenvalue weighted by Crippen LogP contribution is -2.26. The zero-order valence-electron chi connectivity index (χ0n) is 18.4. The maximum Gasteiger partial charge on any atom is 0.237 e. The van der Waals surface area contributed by atoms with E-state index in [1.807, 2.05) is 6.92 Å². The molecule has 3 aromatic heterocycles. The number of para-hydroxylation sites is 1. The molecule has 0 aliphatic heterocycles. The summed E-state index contributed by atoms with van der Waals surface area (Å²) in [5, 5.41) is 14.9. The molecule has 1 N–H and O–H groups in total. The summed E-state index contributed by atoms with van der Waals surface area (Å²) in [6.07, 6.45) is 3.29. The molecule has 0 aliphatic rings. The molecule has 0 bridgehead atoms. The molecule has 0 aliphatic carbocycles. The van der Waals surface area contributed by atoms with Gasteiger partial charge in [0.25, 0.3) is 0 Å². The van der Waals surface area contributed by atoms with Gasteiger partial charge in [-0.3, -0.25) is 9.20 Å². The maximum atomic E-state index is 13.3. The Morgan fingerprint density at radius 2 is 1.81 bits per heavy atom. The van der Waals surface area contributed by atoms with Crippen LogP contribution in [0.4, 0.5) is 5.69 Å². The van der Waals surface area contributed by atoms with E-state index in [-0.39, 0.29) is 11.2 Å². The van der Waals surface area contributed by atoms with Gasteiger partial charge < -0.3 is 5.32 Å². The van der Waals surface area contributed by atoms with Crippen LogP contribution in [0.2, 0.25) is 0 Å². The number of hydrogen-bond acceptors (Lipinski definition) is 5. The quantitative estimate of drug-likeness (QED) is 0.326. The molecule has 0 fully saturated rings. The number of anilines is 1. The third kappa shape index (κ3) is 4.08. The number of amides is 1. The minimum Gasteiger partial charge on any atom is -0.325 e. The van der Waals surface area contributed by atoms with Gasteiger partial charge in [0.1, 0.15) is 10.9 Å². The molecule has 1 unspecified atom stereocenters. The van der Waals surface area contributed by atoms with E-state index in [0.717, 1.165) is 46.8 Å². The van der Waals surface area contributed by atoms with Crippen molar-refractivity contribution in [2.45, 2.75) is 63.7 Å². The molecule has 5 nitrogen and oxygen atoms in total. The number of aromatic nitrogens is 3. The summed E-state index contributed by atoms with van der Waals surface area (Å²) in [6, 6.07) is 10.5. The zero-order valence-corrected chi connectivity index (χ0v) is 20.1. The first-order chi connectivity index (χ1) is 15.1. The van der Waals surface area contributed by atoms with E-state index in [2.05, 4.69) is 76.4 Å². The summed E-state index contributed by atoms with van der Waals surface area (Å²) in [5.74, 6) is 0.964. The SMILES string of the molecule is CCc1cccc(CC)c1NC(=O)C(CC)Sc1nnc(CC)n2c1cc1sccc12. The summed E-state index contributed by atoms with van der Waals surface area (Å²) in [7, 11) is 0. The van der Waals surface area contributed by atoms with Crippen molar-refractivity contribution in [2.24, 2.45) is 0 Å². The van der Waals surface area contributed by atoms with Gasteiger partial charge >= 0.3 is 0 Å². The standard InChI is InChI=1S/C24H28N4OS2/c1-5-15-10-9-11-16(6-2)22(15)25-23(29)19(7-3)31-24-18-14-20-17(12-13-30-20)28(18)21(8-4)26-27-24/h9-14,19H,5-8H2,1-4H3,(H,25,29). The second-order valence-corrected chi connectivity index (χ2v) is 9.61. The fraction of sp³-hybridized carbons (Fsp3) is 0.375. The van der Waals surface area contributed by atoms with Gasteiger partial charge in [0.2, 0.25) is 5.91 Å². The Bertz CT molecular complexity index is 1210. The number of thiophene rings is 1. The fourth-order valence-corrected chi connectivity index (χ4v) is 5.70. The minimum atomic E-state index is -0.242. The Kier molecular flexibility index (Phi) is 6.62. The Morgan fingerprint density at radius 3 is 2.45 bits per heavy atom. The lowest BCUT2D eigenvalue weighted by Gasteiger charge is -2.19. The number of rotatable bonds is 8. The van der Waals surface area contributed by atoms with E-state index in [1.165, 1.54) is 27.6 Å². The van der Waals surface area contributed by atoms with Crippen LogP contribution < -0.4 is 5.32 Å². The van der Waals surface area contributed by atoms with Crippen LogP contribution in [0, 0.1) is 0 Å². The average Bonchev–Trinajstić information content (AvgIpc) is 3.39. The van der Waals surface area contributed by atoms with Crippen molar-refractivity contribution in [3.8, 4) is 0 Å². The predicted molar refractivity (Wildman–Crippen MR) is 132 cm³/mol. The minimum absolute atomic E-state index is 0.0241. The van der Waals surface area contributed by atoms with E-state index in [1.54, 1.807) is 11.3 Å². The fourth-order valence-electron chi connectivity index (χ4n) is 3.94. The van der Waals surface area contributed by atoms with Gasteiger partial charge in [0.15, 0.2) is 0 Å². The van der Waals surface area contributed by atoms with Crippen LogP contribution in [0.5, 0.6) is 0 Å². The molecule has 4 aromatic rings. The molecule has 0 saturated heterocycles. The number of nitrogens with one attached hydrogen (secondary N) is 1. The molecule has 0 saturated carbocycles. The molecule has 1 atom stereocenters. The summed E-state index contributed by atoms with van der Waals surface area (Å²) >= 11 is 3.23. The van der Waals surface area contributed by atoms with Crippen LogP contribution in [-0.2, 0) is 24.1 Å². The monoisotopic (exact) mass is 452 g/mol. The van der Waals surface area contributed by atoms with Crippen molar-refractivity contribution in [3.63, 3.8) is 0 Å². The van der Waals surface area contributed by atoms with E-state index in [9.17, 15) is 4.79 Å². The van der Waals surface area contributed by atoms with Crippen LogP contribution in [-0.4, -0.2) is 25.8 Å². The third-order valence-electron chi connectivity index (χ3n) is 5.64. The van der Waals surface area contributed by atoms with Gasteiger partial charge in [-0.2, -0.15) is 0 Å². The Hall–Kier alpha value is -2.38. The normalized spacial score (nSPS) is 12.5. The van der Waals surface area contributed by atoms with Crippen LogP contribution in [0.25, 0.3) is 15.7 Å². The number of hydrogen-bond donors (Lipinski definition) is 1. The number of carbonyl (C=O) groups is 1. The van der Waals surface area contributed by atoms with E-state index in [4.69, 9.17) is 0 Å². The van der Waals surface area contributed by atoms with Crippen molar-refractivity contribution < 1.29 is 4.79 Å². The topological polar surface area (TPSA) is 59.3 Å². The first-order valence-electron chi connectivity index (χ1n) is 10.9. The predicted octanol–water partition coefficient (Wildman–Crippen LogP) is 6.14. The van der Waals surface area contributed by atoms with E-state index >= 15 is 0 Å². The average molecular weight is 453 g/mol. The van der Waals surface area contributed by atoms with E-state index in [0.29, 0.717) is 6.42 Å². The number of carbonyl (C=O) groups excluding carboxylic acids is 1. The van der Waals surface area contributed by atoms with Crippen molar-refractivity contribution in [2.75, 3.05) is 5.32 Å². The Morgan fingerprint density at radius 1 is 1.06 bits per heavy atom. The van der Waals surface area contributed by atoms with Crippen LogP contribution in [0.1, 0.15) is 51.1 Å². The van der Waals surface area contributed by atoms with Crippen molar-refractivity contribution in [1.82, 2.24) is 14.6 Å². The number of thioether (sulfide) groups is 1. The van der Waals surface area contributed by atoms with E-state index < -0.39 is 0 Å². The van der Waals surface area contributed by atoms with Crippen molar-refractivity contribution in [1.29, 1.82) is 0 Å². The number of aryl methyl sites for hydroxylation is 3. The molecule has 0 spiro atoms. The highest BCUT2D eigenvalue weighted by atomic mass is 32.2. The first-order valence-corrected chi connectivity index (χ1v) is 12.7. The van der Waals surface area contributed by atoms with Gasteiger partial charge in [-0.25, -0.2) is 0 Å². The molecule has 1 aromatic carbocycles. The maximum absolute atomic E-state index is 13.3. The molecule has 7 heteroatoms. The highest BCUT2D eigenvalue weighted by Crippen LogP contribution is 2.34. The first kappa shape index (κ1) is 21.8. The number of nitrogens with zero attached hydrogens (tertiary/aromatic N) is 3. The summed E-state index contributed by atoms with van der Waals surface area (Å²) in [5.41, 5.74) is 5.52. The van der Waals surface area contributed by atoms with Gasteiger partial charge in [0.05, 0.1) is 21.0 Å². The van der Waals surface area contributed by atoms with Gasteiger partial charge in [-0.05, 0) is 47.9 Å². The summed E-state index contributed by atoms with van der Waals surface area (Å²) in [4.78, 5) is 13.3. The summed E-state index contributed by atoms with van der Waals surface area (Å²) in [6.45, 7) is 8.38. The van der Waals surface area contributed by atoms with Crippen LogP contribution >= 0.6 is 23.1 Å². The number of benzene rings is 1. The van der Waals surface area contributed by atoms with Crippen molar-refractivity contribution >= 4 is 50.4 Å². The molecule has 162 valence electrons. The molecular formula is C24H28N4OS2. The van der Waals surface area contributed by atoms with Gasteiger partial charge in [-0.15, -0.1) is 21.5 Å². The molecule has 31 heavy (non-hydrogen) atoms. The highest BCUT2D eigenvalue weighted by Gasteiger charge is 2.23. The number of fused-ring (bicyclic) bond motifs is 3. The van der Waals surface area contributed by atoms with Gasteiger partial charge in [0, 0.05) is 12.1 Å². The molecule has 4 rings (SSSR count). The molecular weight excluding hydrogens is 424 g/mol. The second-order valence-electron chi connectivity index (χ2n) is 7.47. The van der Waals surface area contributed by atoms with Gasteiger partial charge in [-0.1, -0.05) is 57.7 Å². The molecule has 1 amide bonds. The Labute approximate surface area is 191 Å². The largest absolute Gasteiger partial charge is 0.325 e. The molecule has 3 heterocycles. The van der Waals surface area contributed by atoms with Crippen molar-refractivity contribution in [3.05, 3.63) is 52.7 Å². The third-order valence-corrected chi connectivity index (χ3v) is 7.84. The lowest BCUT2D eigenvalue weighted by atomic mass is 10.0. The lowest BCUT2D eigenvalue weighted by molar-refractivity contribution is -0.115. The molecule has 0 radical (unpaired) electrons.